The van der Waals surface area contributed by atoms with Crippen molar-refractivity contribution in [2.75, 3.05) is 6.61 Å². The average molecular weight is 290 g/mol. The number of nitrogens with one attached hydrogen (secondary N) is 1. The molecule has 1 fully saturated rings. The standard InChI is InChI=1S/C16H22N2OS/c1-2-10-19-14-9-5-8-13-15(14)17-16(20)18(13)11-12-6-3-4-7-12/h5,8-9,12H,2-4,6-7,10-11H2,1H3,(H,17,20). The molecule has 0 atom stereocenters. The molecule has 1 saturated carbocycles. The number of nitrogens with zero attached hydrogens (tertiary/aromatic N) is 1. The summed E-state index contributed by atoms with van der Waals surface area (Å²) in [4.78, 5) is 3.33. The molecule has 3 rings (SSSR count). The molecule has 0 aliphatic heterocycles. The highest BCUT2D eigenvalue weighted by atomic mass is 32.1. The quantitative estimate of drug-likeness (QED) is 0.810. The van der Waals surface area contributed by atoms with Gasteiger partial charge in [-0.3, -0.25) is 0 Å². The second kappa shape index (κ2) is 6.00. The molecule has 1 aliphatic carbocycles. The maximum Gasteiger partial charge on any atom is 0.178 e. The van der Waals surface area contributed by atoms with E-state index >= 15 is 0 Å². The third-order valence-corrected chi connectivity index (χ3v) is 4.47. The van der Waals surface area contributed by atoms with Crippen molar-refractivity contribution in [1.82, 2.24) is 9.55 Å². The van der Waals surface area contributed by atoms with Gasteiger partial charge in [-0.1, -0.05) is 25.8 Å². The van der Waals surface area contributed by atoms with Crippen molar-refractivity contribution in [3.63, 3.8) is 0 Å². The van der Waals surface area contributed by atoms with Crippen molar-refractivity contribution < 1.29 is 4.74 Å². The molecule has 1 heterocycles. The minimum atomic E-state index is 0.744. The van der Waals surface area contributed by atoms with Crippen LogP contribution in [0.3, 0.4) is 0 Å². The van der Waals surface area contributed by atoms with E-state index in [1.54, 1.807) is 0 Å². The molecule has 1 aromatic heterocycles. The molecule has 1 aromatic carbocycles. The summed E-state index contributed by atoms with van der Waals surface area (Å²) in [5.74, 6) is 1.70. The Bertz CT molecular complexity index is 637. The van der Waals surface area contributed by atoms with Crippen molar-refractivity contribution in [3.8, 4) is 5.75 Å². The monoisotopic (exact) mass is 290 g/mol. The zero-order chi connectivity index (χ0) is 13.9. The predicted octanol–water partition coefficient (Wildman–Crippen LogP) is 4.68. The minimum Gasteiger partial charge on any atom is -0.491 e. The highest BCUT2D eigenvalue weighted by Crippen LogP contribution is 2.30. The SMILES string of the molecule is CCCOc1cccc2c1[nH]c(=S)n2CC1CCCC1. The molecule has 108 valence electrons. The van der Waals surface area contributed by atoms with Gasteiger partial charge in [-0.15, -0.1) is 0 Å². The first kappa shape index (κ1) is 13.7. The van der Waals surface area contributed by atoms with Crippen LogP contribution in [0.1, 0.15) is 39.0 Å². The number of imidazole rings is 1. The highest BCUT2D eigenvalue weighted by Gasteiger charge is 2.18. The maximum absolute atomic E-state index is 5.82. The van der Waals surface area contributed by atoms with E-state index in [9.17, 15) is 0 Å². The van der Waals surface area contributed by atoms with Crippen LogP contribution < -0.4 is 4.74 Å². The molecule has 0 radical (unpaired) electrons. The van der Waals surface area contributed by atoms with Gasteiger partial charge in [0.05, 0.1) is 12.1 Å². The second-order valence-corrected chi connectivity index (χ2v) is 6.08. The lowest BCUT2D eigenvalue weighted by Crippen LogP contribution is -2.07. The number of rotatable bonds is 5. The van der Waals surface area contributed by atoms with Gasteiger partial charge in [0.15, 0.2) is 4.77 Å². The van der Waals surface area contributed by atoms with Crippen molar-refractivity contribution in [2.24, 2.45) is 5.92 Å². The number of hydrogen-bond acceptors (Lipinski definition) is 2. The van der Waals surface area contributed by atoms with Gasteiger partial charge in [0.2, 0.25) is 0 Å². The van der Waals surface area contributed by atoms with Gasteiger partial charge in [0, 0.05) is 6.54 Å². The Morgan fingerprint density at radius 2 is 2.15 bits per heavy atom. The molecule has 1 N–H and O–H groups in total. The van der Waals surface area contributed by atoms with Crippen LogP contribution in [0.15, 0.2) is 18.2 Å². The molecule has 1 aliphatic rings. The van der Waals surface area contributed by atoms with Crippen molar-refractivity contribution >= 4 is 23.3 Å². The second-order valence-electron chi connectivity index (χ2n) is 5.69. The van der Waals surface area contributed by atoms with Crippen LogP contribution >= 0.6 is 12.2 Å². The molecular weight excluding hydrogens is 268 g/mol. The fraction of sp³-hybridized carbons (Fsp3) is 0.562. The van der Waals surface area contributed by atoms with Crippen LogP contribution in [0.2, 0.25) is 0 Å². The van der Waals surface area contributed by atoms with Gasteiger partial charge >= 0.3 is 0 Å². The number of benzene rings is 1. The molecule has 0 amide bonds. The van der Waals surface area contributed by atoms with E-state index < -0.39 is 0 Å². The normalized spacial score (nSPS) is 16.1. The topological polar surface area (TPSA) is 29.9 Å². The van der Waals surface area contributed by atoms with Crippen molar-refractivity contribution in [3.05, 3.63) is 23.0 Å². The minimum absolute atomic E-state index is 0.744. The Kier molecular flexibility index (Phi) is 4.10. The average Bonchev–Trinajstić information content (AvgIpc) is 3.06. The number of fused-ring (bicyclic) bond motifs is 1. The van der Waals surface area contributed by atoms with Crippen LogP contribution in [0.25, 0.3) is 11.0 Å². The number of para-hydroxylation sites is 1. The summed E-state index contributed by atoms with van der Waals surface area (Å²) in [5.41, 5.74) is 2.22. The van der Waals surface area contributed by atoms with Crippen LogP contribution in [-0.4, -0.2) is 16.2 Å². The molecule has 0 unspecified atom stereocenters. The molecule has 2 aromatic rings. The van der Waals surface area contributed by atoms with Gasteiger partial charge in [-0.05, 0) is 49.5 Å². The smallest absolute Gasteiger partial charge is 0.178 e. The summed E-state index contributed by atoms with van der Waals surface area (Å²) in [7, 11) is 0. The van der Waals surface area contributed by atoms with E-state index in [4.69, 9.17) is 17.0 Å². The van der Waals surface area contributed by atoms with E-state index in [2.05, 4.69) is 28.6 Å². The van der Waals surface area contributed by atoms with Gasteiger partial charge < -0.3 is 14.3 Å². The van der Waals surface area contributed by atoms with Crippen LogP contribution in [0.4, 0.5) is 0 Å². The summed E-state index contributed by atoms with van der Waals surface area (Å²) >= 11 is 5.51. The summed E-state index contributed by atoms with van der Waals surface area (Å²) in [6.45, 7) is 3.90. The van der Waals surface area contributed by atoms with E-state index in [1.807, 2.05) is 6.07 Å². The molecule has 20 heavy (non-hydrogen) atoms. The predicted molar refractivity (Wildman–Crippen MR) is 84.9 cm³/mol. The van der Waals surface area contributed by atoms with E-state index in [0.717, 1.165) is 41.5 Å². The first-order valence-electron chi connectivity index (χ1n) is 7.64. The first-order chi connectivity index (χ1) is 9.79. The van der Waals surface area contributed by atoms with Crippen LogP contribution in [0.5, 0.6) is 5.75 Å². The summed E-state index contributed by atoms with van der Waals surface area (Å²) in [6.07, 6.45) is 6.41. The highest BCUT2D eigenvalue weighted by molar-refractivity contribution is 7.71. The van der Waals surface area contributed by atoms with Crippen LogP contribution in [-0.2, 0) is 6.54 Å². The fourth-order valence-electron chi connectivity index (χ4n) is 3.12. The Balaban J connectivity index is 1.95. The van der Waals surface area contributed by atoms with E-state index in [1.165, 1.54) is 31.2 Å². The van der Waals surface area contributed by atoms with Gasteiger partial charge in [0.1, 0.15) is 11.3 Å². The third kappa shape index (κ3) is 2.62. The summed E-state index contributed by atoms with van der Waals surface area (Å²) < 4.78 is 8.88. The molecule has 0 spiro atoms. The lowest BCUT2D eigenvalue weighted by Gasteiger charge is -2.11. The van der Waals surface area contributed by atoms with E-state index in [-0.39, 0.29) is 0 Å². The van der Waals surface area contributed by atoms with Gasteiger partial charge in [0.25, 0.3) is 0 Å². The lowest BCUT2D eigenvalue weighted by atomic mass is 10.1. The number of aromatic amines is 1. The first-order valence-corrected chi connectivity index (χ1v) is 8.04. The maximum atomic E-state index is 5.82. The largest absolute Gasteiger partial charge is 0.491 e. The number of aromatic nitrogens is 2. The van der Waals surface area contributed by atoms with Crippen molar-refractivity contribution in [2.45, 2.75) is 45.6 Å². The molecular formula is C16H22N2OS. The van der Waals surface area contributed by atoms with E-state index in [0.29, 0.717) is 0 Å². The molecule has 0 saturated heterocycles. The number of hydrogen-bond donors (Lipinski definition) is 1. The Labute approximate surface area is 125 Å². The number of ether oxygens (including phenoxy) is 1. The molecule has 4 heteroatoms. The summed E-state index contributed by atoms with van der Waals surface area (Å²) in [6, 6.07) is 6.21. The Morgan fingerprint density at radius 1 is 1.35 bits per heavy atom. The zero-order valence-electron chi connectivity index (χ0n) is 12.0. The number of H-pyrrole nitrogens is 1. The lowest BCUT2D eigenvalue weighted by molar-refractivity contribution is 0.320. The Morgan fingerprint density at radius 3 is 2.90 bits per heavy atom. The van der Waals surface area contributed by atoms with Crippen LogP contribution in [0, 0.1) is 10.7 Å². The van der Waals surface area contributed by atoms with Crippen molar-refractivity contribution in [1.29, 1.82) is 0 Å². The van der Waals surface area contributed by atoms with Gasteiger partial charge in [-0.2, -0.15) is 0 Å². The fourth-order valence-corrected chi connectivity index (χ4v) is 3.39. The van der Waals surface area contributed by atoms with Gasteiger partial charge in [-0.25, -0.2) is 0 Å². The Hall–Kier alpha value is -1.29. The summed E-state index contributed by atoms with van der Waals surface area (Å²) in [5, 5.41) is 0. The molecule has 3 nitrogen and oxygen atoms in total. The zero-order valence-corrected chi connectivity index (χ0v) is 12.8. The third-order valence-electron chi connectivity index (χ3n) is 4.15. The molecule has 0 bridgehead atoms.